The van der Waals surface area contributed by atoms with E-state index in [2.05, 4.69) is 18.2 Å². The van der Waals surface area contributed by atoms with Gasteiger partial charge in [0.25, 0.3) is 0 Å². The molecule has 2 aliphatic rings. The molecule has 0 N–H and O–H groups in total. The SMILES string of the molecule is CCSP(=O)(Cl)C1=c2ccccc2=C2C=CC=CC21. The average Bonchev–Trinajstić information content (AvgIpc) is 2.74. The third-order valence-corrected chi connectivity index (χ3v) is 8.89. The number of hydrogen-bond acceptors (Lipinski definition) is 2. The highest BCUT2D eigenvalue weighted by molar-refractivity contribution is 8.68. The summed E-state index contributed by atoms with van der Waals surface area (Å²) in [7, 11) is 0. The fourth-order valence-electron chi connectivity index (χ4n) is 2.71. The van der Waals surface area contributed by atoms with E-state index < -0.39 is 5.70 Å². The molecule has 0 saturated heterocycles. The van der Waals surface area contributed by atoms with Gasteiger partial charge in [0.15, 0.2) is 0 Å². The first kappa shape index (κ1) is 13.3. The molecule has 98 valence electrons. The van der Waals surface area contributed by atoms with E-state index in [1.54, 1.807) is 0 Å². The first-order valence-corrected chi connectivity index (χ1v) is 10.5. The molecule has 2 aliphatic carbocycles. The van der Waals surface area contributed by atoms with Gasteiger partial charge in [0.2, 0.25) is 5.70 Å². The van der Waals surface area contributed by atoms with Crippen molar-refractivity contribution in [2.75, 3.05) is 5.75 Å². The molecule has 0 amide bonds. The van der Waals surface area contributed by atoms with Crippen LogP contribution >= 0.6 is 28.3 Å². The highest BCUT2D eigenvalue weighted by atomic mass is 35.7. The fraction of sp³-hybridized carbons (Fsp3) is 0.200. The van der Waals surface area contributed by atoms with Crippen molar-refractivity contribution in [3.63, 3.8) is 0 Å². The van der Waals surface area contributed by atoms with E-state index in [9.17, 15) is 4.57 Å². The molecule has 2 atom stereocenters. The van der Waals surface area contributed by atoms with E-state index in [1.165, 1.54) is 22.2 Å². The van der Waals surface area contributed by atoms with Crippen molar-refractivity contribution in [1.82, 2.24) is 0 Å². The zero-order valence-corrected chi connectivity index (χ0v) is 13.0. The van der Waals surface area contributed by atoms with Gasteiger partial charge in [-0.1, -0.05) is 66.9 Å². The predicted octanol–water partition coefficient (Wildman–Crippen LogP) is 3.89. The number of rotatable bonds is 3. The molecule has 19 heavy (non-hydrogen) atoms. The lowest BCUT2D eigenvalue weighted by molar-refractivity contribution is 0.597. The van der Waals surface area contributed by atoms with E-state index in [4.69, 9.17) is 11.2 Å². The smallest absolute Gasteiger partial charge is 0.248 e. The molecule has 1 aromatic rings. The molecule has 1 nitrogen and oxygen atoms in total. The Morgan fingerprint density at radius 2 is 2.00 bits per heavy atom. The van der Waals surface area contributed by atoms with Crippen LogP contribution in [0.1, 0.15) is 6.92 Å². The average molecular weight is 309 g/mol. The van der Waals surface area contributed by atoms with Gasteiger partial charge in [-0.2, -0.15) is 0 Å². The van der Waals surface area contributed by atoms with Crippen molar-refractivity contribution in [2.24, 2.45) is 5.92 Å². The number of benzene rings is 1. The molecule has 0 aromatic heterocycles. The Balaban J connectivity index is 2.34. The van der Waals surface area contributed by atoms with Crippen molar-refractivity contribution in [1.29, 1.82) is 0 Å². The van der Waals surface area contributed by atoms with Crippen LogP contribution in [0.2, 0.25) is 0 Å². The van der Waals surface area contributed by atoms with Crippen molar-refractivity contribution in [2.45, 2.75) is 6.92 Å². The molecule has 2 unspecified atom stereocenters. The Hall–Kier alpha value is -0.690. The molecular formula is C15H14ClOPS. The monoisotopic (exact) mass is 308 g/mol. The Labute approximate surface area is 121 Å². The van der Waals surface area contributed by atoms with Crippen molar-refractivity contribution < 1.29 is 4.57 Å². The van der Waals surface area contributed by atoms with Gasteiger partial charge in [-0.05, 0) is 33.0 Å². The quantitative estimate of drug-likeness (QED) is 0.788. The summed E-state index contributed by atoms with van der Waals surface area (Å²) in [6, 6.07) is 8.12. The molecular weight excluding hydrogens is 295 g/mol. The number of fused-ring (bicyclic) bond motifs is 2. The van der Waals surface area contributed by atoms with Crippen molar-refractivity contribution >= 4 is 39.2 Å². The lowest BCUT2D eigenvalue weighted by Crippen LogP contribution is -2.22. The number of hydrogen-bond donors (Lipinski definition) is 0. The van der Waals surface area contributed by atoms with E-state index in [0.717, 1.165) is 16.3 Å². The van der Waals surface area contributed by atoms with Crippen molar-refractivity contribution in [3.8, 4) is 0 Å². The van der Waals surface area contributed by atoms with Crippen molar-refractivity contribution in [3.05, 3.63) is 59.0 Å². The molecule has 0 heterocycles. The molecule has 0 spiro atoms. The van der Waals surface area contributed by atoms with Gasteiger partial charge in [-0.15, -0.1) is 0 Å². The topological polar surface area (TPSA) is 17.1 Å². The van der Waals surface area contributed by atoms with Gasteiger partial charge >= 0.3 is 0 Å². The zero-order valence-electron chi connectivity index (χ0n) is 10.5. The standard InChI is InChI=1S/C15H14ClOPS/c1-2-19-18(16,17)15-13-9-5-3-7-11(13)12-8-4-6-10-14(12)15/h3-10,13H,2H2,1H3. The van der Waals surface area contributed by atoms with Crippen LogP contribution in [0.5, 0.6) is 0 Å². The highest BCUT2D eigenvalue weighted by Crippen LogP contribution is 2.73. The zero-order chi connectivity index (χ0) is 13.5. The summed E-state index contributed by atoms with van der Waals surface area (Å²) in [5, 5.41) is 3.12. The summed E-state index contributed by atoms with van der Waals surface area (Å²) < 4.78 is 12.9. The maximum Gasteiger partial charge on any atom is 0.248 e. The second kappa shape index (κ2) is 5.01. The second-order valence-electron chi connectivity index (χ2n) is 4.51. The first-order valence-electron chi connectivity index (χ1n) is 6.28. The summed E-state index contributed by atoms with van der Waals surface area (Å²) in [5.74, 6) is 0.832. The van der Waals surface area contributed by atoms with Gasteiger partial charge in [-0.25, -0.2) is 0 Å². The molecule has 0 aliphatic heterocycles. The van der Waals surface area contributed by atoms with Gasteiger partial charge in [0.1, 0.15) is 0 Å². The molecule has 3 rings (SSSR count). The van der Waals surface area contributed by atoms with Crippen LogP contribution in [0.15, 0.2) is 48.6 Å². The van der Waals surface area contributed by atoms with Crippen LogP contribution < -0.4 is 10.4 Å². The van der Waals surface area contributed by atoms with E-state index in [-0.39, 0.29) is 5.92 Å². The summed E-state index contributed by atoms with van der Waals surface area (Å²) >= 11 is 7.76. The third kappa shape index (κ3) is 2.16. The number of halogens is 1. The first-order chi connectivity index (χ1) is 9.15. The number of allylic oxidation sites excluding steroid dienone is 4. The largest absolute Gasteiger partial charge is 0.290 e. The minimum atomic E-state index is -2.86. The normalized spacial score (nSPS) is 23.2. The Morgan fingerprint density at radius 1 is 1.26 bits per heavy atom. The summed E-state index contributed by atoms with van der Waals surface area (Å²) in [6.07, 6.45) is 8.23. The van der Waals surface area contributed by atoms with Crippen LogP contribution in [0.3, 0.4) is 0 Å². The van der Waals surface area contributed by atoms with E-state index >= 15 is 0 Å². The summed E-state index contributed by atoms with van der Waals surface area (Å²) in [5.41, 5.74) is -1.65. The van der Waals surface area contributed by atoms with Gasteiger partial charge in [0, 0.05) is 11.2 Å². The van der Waals surface area contributed by atoms with Crippen LogP contribution in [0, 0.1) is 5.92 Å². The Bertz CT molecular complexity index is 748. The maximum absolute atomic E-state index is 12.9. The molecule has 4 heteroatoms. The van der Waals surface area contributed by atoms with Crippen LogP contribution in [0.4, 0.5) is 0 Å². The van der Waals surface area contributed by atoms with E-state index in [1.807, 2.05) is 37.3 Å². The van der Waals surface area contributed by atoms with Crippen LogP contribution in [-0.2, 0) is 4.57 Å². The maximum atomic E-state index is 12.9. The van der Waals surface area contributed by atoms with E-state index in [0.29, 0.717) is 0 Å². The van der Waals surface area contributed by atoms with Gasteiger partial charge < -0.3 is 0 Å². The Kier molecular flexibility index (Phi) is 3.51. The molecule has 0 fully saturated rings. The lowest BCUT2D eigenvalue weighted by Gasteiger charge is -2.19. The second-order valence-corrected chi connectivity index (χ2v) is 11.1. The van der Waals surface area contributed by atoms with Gasteiger partial charge in [-0.3, -0.25) is 4.57 Å². The predicted molar refractivity (Wildman–Crippen MR) is 85.9 cm³/mol. The molecule has 0 saturated carbocycles. The third-order valence-electron chi connectivity index (χ3n) is 3.42. The highest BCUT2D eigenvalue weighted by Gasteiger charge is 2.35. The summed E-state index contributed by atoms with van der Waals surface area (Å²) in [6.45, 7) is 1.99. The molecule has 1 aromatic carbocycles. The molecule has 0 radical (unpaired) electrons. The van der Waals surface area contributed by atoms with Gasteiger partial charge in [0.05, 0.1) is 0 Å². The minimum absolute atomic E-state index is 0.0739. The van der Waals surface area contributed by atoms with Crippen LogP contribution in [-0.4, -0.2) is 5.75 Å². The fourth-order valence-corrected chi connectivity index (χ4v) is 7.74. The summed E-state index contributed by atoms with van der Waals surface area (Å²) in [4.78, 5) is 0. The lowest BCUT2D eigenvalue weighted by atomic mass is 9.97. The minimum Gasteiger partial charge on any atom is -0.290 e. The molecule has 0 bridgehead atoms. The Morgan fingerprint density at radius 3 is 2.74 bits per heavy atom. The van der Waals surface area contributed by atoms with Crippen LogP contribution in [0.25, 0.3) is 10.9 Å².